The Labute approximate surface area is 173 Å². The summed E-state index contributed by atoms with van der Waals surface area (Å²) < 4.78 is 5.36. The molecule has 1 aliphatic heterocycles. The molecule has 0 saturated carbocycles. The summed E-state index contributed by atoms with van der Waals surface area (Å²) in [7, 11) is 0. The first-order valence-corrected chi connectivity index (χ1v) is 10.3. The average Bonchev–Trinajstić information content (AvgIpc) is 3.30. The van der Waals surface area contributed by atoms with E-state index in [0.717, 1.165) is 48.1 Å². The van der Waals surface area contributed by atoms with E-state index in [-0.39, 0.29) is 5.91 Å². The zero-order chi connectivity index (χ0) is 20.1. The van der Waals surface area contributed by atoms with E-state index < -0.39 is 0 Å². The molecule has 3 N–H and O–H groups in total. The number of hydrogen-bond acceptors (Lipinski definition) is 6. The summed E-state index contributed by atoms with van der Waals surface area (Å²) in [6.07, 6.45) is 4.99. The molecule has 0 atom stereocenters. The van der Waals surface area contributed by atoms with Gasteiger partial charge in [0.2, 0.25) is 5.91 Å². The molecule has 29 heavy (non-hydrogen) atoms. The van der Waals surface area contributed by atoms with Crippen molar-refractivity contribution in [3.8, 4) is 10.4 Å². The van der Waals surface area contributed by atoms with Crippen molar-refractivity contribution in [2.24, 2.45) is 0 Å². The van der Waals surface area contributed by atoms with E-state index >= 15 is 0 Å². The first-order valence-electron chi connectivity index (χ1n) is 9.40. The molecule has 2 aromatic heterocycles. The minimum Gasteiger partial charge on any atom is -0.397 e. The molecular weight excluding hydrogens is 384 g/mol. The van der Waals surface area contributed by atoms with E-state index in [1.807, 2.05) is 47.8 Å². The highest BCUT2D eigenvalue weighted by Gasteiger charge is 2.11. The minimum atomic E-state index is -0.239. The minimum absolute atomic E-state index is 0.239. The van der Waals surface area contributed by atoms with Gasteiger partial charge in [-0.25, -0.2) is 4.98 Å². The van der Waals surface area contributed by atoms with Crippen molar-refractivity contribution in [2.75, 3.05) is 42.3 Å². The molecule has 1 fully saturated rings. The van der Waals surface area contributed by atoms with E-state index in [4.69, 9.17) is 10.5 Å². The fraction of sp³-hybridized carbons (Fsp3) is 0.182. The zero-order valence-corrected chi connectivity index (χ0v) is 16.7. The third kappa shape index (κ3) is 4.82. The van der Waals surface area contributed by atoms with Crippen LogP contribution >= 0.6 is 11.3 Å². The number of hydrogen-bond donors (Lipinski definition) is 2. The Morgan fingerprint density at radius 1 is 1.21 bits per heavy atom. The molecule has 1 aromatic carbocycles. The number of nitrogens with one attached hydrogen (secondary N) is 1. The second-order valence-corrected chi connectivity index (χ2v) is 7.60. The van der Waals surface area contributed by atoms with Gasteiger partial charge in [-0.15, -0.1) is 11.3 Å². The summed E-state index contributed by atoms with van der Waals surface area (Å²) in [5.41, 5.74) is 9.04. The number of amides is 1. The molecule has 6 nitrogen and oxygen atoms in total. The van der Waals surface area contributed by atoms with Crippen LogP contribution in [0, 0.1) is 0 Å². The Balaban J connectivity index is 1.40. The van der Waals surface area contributed by atoms with Crippen molar-refractivity contribution in [3.63, 3.8) is 0 Å². The third-order valence-corrected chi connectivity index (χ3v) is 5.57. The van der Waals surface area contributed by atoms with E-state index in [9.17, 15) is 4.79 Å². The van der Waals surface area contributed by atoms with Crippen molar-refractivity contribution >= 4 is 40.5 Å². The van der Waals surface area contributed by atoms with E-state index in [1.165, 1.54) is 6.08 Å². The van der Waals surface area contributed by atoms with Crippen LogP contribution in [0.15, 0.2) is 60.1 Å². The van der Waals surface area contributed by atoms with Gasteiger partial charge in [-0.1, -0.05) is 12.1 Å². The van der Waals surface area contributed by atoms with Crippen LogP contribution in [-0.4, -0.2) is 37.2 Å². The number of anilines is 3. The predicted molar refractivity (Wildman–Crippen MR) is 119 cm³/mol. The van der Waals surface area contributed by atoms with Crippen LogP contribution in [0.3, 0.4) is 0 Å². The lowest BCUT2D eigenvalue weighted by atomic mass is 10.1. The molecule has 3 heterocycles. The van der Waals surface area contributed by atoms with Gasteiger partial charge in [0.15, 0.2) is 0 Å². The van der Waals surface area contributed by atoms with Gasteiger partial charge in [-0.2, -0.15) is 0 Å². The van der Waals surface area contributed by atoms with Crippen LogP contribution in [0.5, 0.6) is 0 Å². The molecule has 1 amide bonds. The number of thiophene rings is 1. The van der Waals surface area contributed by atoms with Gasteiger partial charge < -0.3 is 20.7 Å². The Bertz CT molecular complexity index is 994. The topological polar surface area (TPSA) is 80.5 Å². The van der Waals surface area contributed by atoms with Gasteiger partial charge in [-0.3, -0.25) is 4.79 Å². The van der Waals surface area contributed by atoms with Gasteiger partial charge in [0, 0.05) is 30.2 Å². The van der Waals surface area contributed by atoms with Crippen LogP contribution < -0.4 is 16.0 Å². The predicted octanol–water partition coefficient (Wildman–Crippen LogP) is 3.88. The van der Waals surface area contributed by atoms with Crippen molar-refractivity contribution in [1.29, 1.82) is 0 Å². The lowest BCUT2D eigenvalue weighted by Crippen LogP contribution is -2.36. The monoisotopic (exact) mass is 406 g/mol. The number of rotatable bonds is 5. The molecule has 0 radical (unpaired) electrons. The molecule has 0 bridgehead atoms. The van der Waals surface area contributed by atoms with Gasteiger partial charge in [0.1, 0.15) is 5.82 Å². The Morgan fingerprint density at radius 2 is 2.07 bits per heavy atom. The summed E-state index contributed by atoms with van der Waals surface area (Å²) in [4.78, 5) is 20.2. The SMILES string of the molecule is Nc1ccc(-c2cccs2)cc1NC(=O)C=Cc1ccc(N2CCOCC2)nc1. The van der Waals surface area contributed by atoms with Crippen molar-refractivity contribution < 1.29 is 9.53 Å². The number of carbonyl (C=O) groups is 1. The first kappa shape index (κ1) is 19.2. The number of pyridine rings is 1. The molecule has 1 aliphatic rings. The van der Waals surface area contributed by atoms with Crippen LogP contribution in [0.25, 0.3) is 16.5 Å². The van der Waals surface area contributed by atoms with Crippen molar-refractivity contribution in [1.82, 2.24) is 4.98 Å². The molecule has 0 spiro atoms. The molecular formula is C22H22N4O2S. The first-order chi connectivity index (χ1) is 14.2. The maximum absolute atomic E-state index is 12.4. The Kier molecular flexibility index (Phi) is 5.88. The Hall–Kier alpha value is -3.16. The van der Waals surface area contributed by atoms with Gasteiger partial charge >= 0.3 is 0 Å². The molecule has 4 rings (SSSR count). The highest BCUT2D eigenvalue weighted by molar-refractivity contribution is 7.13. The average molecular weight is 407 g/mol. The van der Waals surface area contributed by atoms with Crippen LogP contribution in [-0.2, 0) is 9.53 Å². The second kappa shape index (κ2) is 8.89. The van der Waals surface area contributed by atoms with Crippen molar-refractivity contribution in [3.05, 3.63) is 65.7 Å². The van der Waals surface area contributed by atoms with Crippen LogP contribution in [0.2, 0.25) is 0 Å². The fourth-order valence-electron chi connectivity index (χ4n) is 3.08. The number of carbonyl (C=O) groups excluding carboxylic acids is 1. The Morgan fingerprint density at radius 3 is 2.79 bits per heavy atom. The van der Waals surface area contributed by atoms with Crippen molar-refractivity contribution in [2.45, 2.75) is 0 Å². The highest BCUT2D eigenvalue weighted by atomic mass is 32.1. The quantitative estimate of drug-likeness (QED) is 0.496. The summed E-state index contributed by atoms with van der Waals surface area (Å²) >= 11 is 1.64. The fourth-order valence-corrected chi connectivity index (χ4v) is 3.81. The third-order valence-electron chi connectivity index (χ3n) is 4.65. The van der Waals surface area contributed by atoms with Crippen LogP contribution in [0.4, 0.5) is 17.2 Å². The summed E-state index contributed by atoms with van der Waals surface area (Å²) in [6, 6.07) is 13.6. The van der Waals surface area contributed by atoms with Crippen LogP contribution in [0.1, 0.15) is 5.56 Å². The molecule has 0 unspecified atom stereocenters. The molecule has 0 aliphatic carbocycles. The lowest BCUT2D eigenvalue weighted by molar-refractivity contribution is -0.111. The smallest absolute Gasteiger partial charge is 0.248 e. The number of nitrogens with two attached hydrogens (primary N) is 1. The standard InChI is InChI=1S/C22H22N4O2S/c23-18-6-5-17(20-2-1-13-29-20)14-19(18)25-22(27)8-4-16-3-7-21(24-15-16)26-9-11-28-12-10-26/h1-8,13-15H,9-12,23H2,(H,25,27). The normalized spacial score (nSPS) is 14.3. The number of aromatic nitrogens is 1. The maximum Gasteiger partial charge on any atom is 0.248 e. The molecule has 7 heteroatoms. The van der Waals surface area contributed by atoms with Gasteiger partial charge in [0.05, 0.1) is 24.6 Å². The summed E-state index contributed by atoms with van der Waals surface area (Å²) in [6.45, 7) is 3.13. The molecule has 1 saturated heterocycles. The maximum atomic E-state index is 12.4. The lowest BCUT2D eigenvalue weighted by Gasteiger charge is -2.27. The van der Waals surface area contributed by atoms with E-state index in [2.05, 4.69) is 15.2 Å². The zero-order valence-electron chi connectivity index (χ0n) is 15.9. The second-order valence-electron chi connectivity index (χ2n) is 6.65. The number of ether oxygens (including phenoxy) is 1. The van der Waals surface area contributed by atoms with E-state index in [1.54, 1.807) is 23.6 Å². The van der Waals surface area contributed by atoms with E-state index in [0.29, 0.717) is 11.4 Å². The largest absolute Gasteiger partial charge is 0.397 e. The van der Waals surface area contributed by atoms with Gasteiger partial charge in [-0.05, 0) is 52.9 Å². The summed E-state index contributed by atoms with van der Waals surface area (Å²) in [5, 5.41) is 4.88. The number of nitrogen functional groups attached to an aromatic ring is 1. The highest BCUT2D eigenvalue weighted by Crippen LogP contribution is 2.30. The molecule has 148 valence electrons. The number of morpholine rings is 1. The number of benzene rings is 1. The van der Waals surface area contributed by atoms with Gasteiger partial charge in [0.25, 0.3) is 0 Å². The summed E-state index contributed by atoms with van der Waals surface area (Å²) in [5.74, 6) is 0.686. The number of nitrogens with zero attached hydrogens (tertiary/aromatic N) is 2. The molecule has 3 aromatic rings.